The van der Waals surface area contributed by atoms with E-state index in [1.165, 1.54) is 24.5 Å². The van der Waals surface area contributed by atoms with E-state index >= 15 is 0 Å². The number of nitrogens with one attached hydrogen (secondary N) is 1. The Bertz CT molecular complexity index is 963. The van der Waals surface area contributed by atoms with Gasteiger partial charge in [0, 0.05) is 0 Å². The number of carbonyl (C=O) groups is 1. The van der Waals surface area contributed by atoms with Crippen LogP contribution in [0, 0.1) is 5.82 Å². The number of hydrazone groups is 1. The molecule has 0 unspecified atom stereocenters. The summed E-state index contributed by atoms with van der Waals surface area (Å²) in [7, 11) is 0. The zero-order chi connectivity index (χ0) is 16.2. The third-order valence-corrected chi connectivity index (χ3v) is 3.19. The van der Waals surface area contributed by atoms with Crippen LogP contribution in [0.2, 0.25) is 0 Å². The van der Waals surface area contributed by atoms with E-state index in [0.29, 0.717) is 11.0 Å². The smallest absolute Gasteiger partial charge is 0.274 e. The molecule has 0 atom stereocenters. The molecule has 0 fully saturated rings. The quantitative estimate of drug-likeness (QED) is 0.597. The summed E-state index contributed by atoms with van der Waals surface area (Å²) in [6.45, 7) is 0. The van der Waals surface area contributed by atoms with Crippen LogP contribution in [0.1, 0.15) is 15.9 Å². The van der Waals surface area contributed by atoms with Gasteiger partial charge in [0.25, 0.3) is 5.91 Å². The largest absolute Gasteiger partial charge is 0.463 e. The lowest BCUT2D eigenvalue weighted by atomic mass is 10.2. The molecule has 0 saturated heterocycles. The van der Waals surface area contributed by atoms with E-state index in [-0.39, 0.29) is 16.6 Å². The number of halogens is 1. The van der Waals surface area contributed by atoms with Crippen molar-refractivity contribution in [3.63, 3.8) is 0 Å². The first-order valence-corrected chi connectivity index (χ1v) is 6.75. The van der Waals surface area contributed by atoms with Crippen LogP contribution in [0.25, 0.3) is 11.0 Å². The van der Waals surface area contributed by atoms with E-state index in [9.17, 15) is 14.0 Å². The molecule has 0 bridgehead atoms. The second kappa shape index (κ2) is 6.23. The van der Waals surface area contributed by atoms with Gasteiger partial charge in [0.15, 0.2) is 0 Å². The van der Waals surface area contributed by atoms with E-state index in [1.54, 1.807) is 30.3 Å². The summed E-state index contributed by atoms with van der Waals surface area (Å²) in [5, 5.41) is 4.09. The molecule has 3 rings (SSSR count). The molecule has 1 amide bonds. The van der Waals surface area contributed by atoms with Crippen molar-refractivity contribution < 1.29 is 13.6 Å². The van der Waals surface area contributed by atoms with Gasteiger partial charge < -0.3 is 4.42 Å². The minimum absolute atomic E-state index is 0.129. The highest BCUT2D eigenvalue weighted by Gasteiger charge is 2.09. The average Bonchev–Trinajstić information content (AvgIpc) is 2.57. The normalized spacial score (nSPS) is 11.0. The number of fused-ring (bicyclic) bond motifs is 1. The zero-order valence-corrected chi connectivity index (χ0v) is 11.8. The van der Waals surface area contributed by atoms with Crippen molar-refractivity contribution in [3.05, 3.63) is 82.0 Å². The second-order valence-electron chi connectivity index (χ2n) is 4.70. The van der Waals surface area contributed by atoms with Gasteiger partial charge in [-0.15, -0.1) is 0 Å². The Morgan fingerprint density at radius 1 is 1.13 bits per heavy atom. The molecule has 0 aliphatic carbocycles. The van der Waals surface area contributed by atoms with Crippen molar-refractivity contribution in [2.75, 3.05) is 0 Å². The number of hydrogen-bond acceptors (Lipinski definition) is 4. The van der Waals surface area contributed by atoms with Crippen LogP contribution in [0.15, 0.2) is 69.1 Å². The number of nitrogens with zero attached hydrogens (tertiary/aromatic N) is 1. The number of para-hydroxylation sites is 1. The van der Waals surface area contributed by atoms with Crippen molar-refractivity contribution in [2.45, 2.75) is 0 Å². The van der Waals surface area contributed by atoms with Gasteiger partial charge in [0.1, 0.15) is 17.7 Å². The number of hydrogen-bond donors (Lipinski definition) is 1. The van der Waals surface area contributed by atoms with Gasteiger partial charge in [-0.1, -0.05) is 24.3 Å². The Morgan fingerprint density at radius 2 is 1.87 bits per heavy atom. The summed E-state index contributed by atoms with van der Waals surface area (Å²) in [6.07, 6.45) is 2.42. The van der Waals surface area contributed by atoms with Gasteiger partial charge in [-0.2, -0.15) is 5.10 Å². The third-order valence-electron chi connectivity index (χ3n) is 3.19. The van der Waals surface area contributed by atoms with Crippen molar-refractivity contribution in [2.24, 2.45) is 5.10 Å². The number of amides is 1. The summed E-state index contributed by atoms with van der Waals surface area (Å²) >= 11 is 0. The molecule has 2 aromatic carbocycles. The molecule has 6 heteroatoms. The summed E-state index contributed by atoms with van der Waals surface area (Å²) in [5.41, 5.74) is 2.42. The Kier molecular flexibility index (Phi) is 3.97. The van der Waals surface area contributed by atoms with Gasteiger partial charge >= 0.3 is 0 Å². The standard InChI is InChI=1S/C17H11FN2O3/c18-14-7-3-1-5-12(14)17(22)20-19-9-11-10-23-15-8-4-2-6-13(15)16(11)21/h1-10H,(H,20,22)/b19-9-. The number of carbonyl (C=O) groups excluding carboxylic acids is 1. The van der Waals surface area contributed by atoms with Gasteiger partial charge in [-0.05, 0) is 24.3 Å². The van der Waals surface area contributed by atoms with Gasteiger partial charge in [0.2, 0.25) is 5.43 Å². The summed E-state index contributed by atoms with van der Waals surface area (Å²) in [5.74, 6) is -1.35. The molecule has 0 radical (unpaired) electrons. The Hall–Kier alpha value is -3.28. The molecule has 3 aromatic rings. The first-order valence-electron chi connectivity index (χ1n) is 6.75. The molecule has 0 saturated carbocycles. The van der Waals surface area contributed by atoms with Crippen molar-refractivity contribution in [1.82, 2.24) is 5.43 Å². The van der Waals surface area contributed by atoms with Crippen LogP contribution < -0.4 is 10.9 Å². The van der Waals surface area contributed by atoms with Crippen LogP contribution in [0.5, 0.6) is 0 Å². The molecule has 23 heavy (non-hydrogen) atoms. The molecular weight excluding hydrogens is 299 g/mol. The summed E-state index contributed by atoms with van der Waals surface area (Å²) in [4.78, 5) is 24.0. The predicted molar refractivity (Wildman–Crippen MR) is 83.9 cm³/mol. The zero-order valence-electron chi connectivity index (χ0n) is 11.8. The van der Waals surface area contributed by atoms with E-state index in [1.807, 2.05) is 0 Å². The van der Waals surface area contributed by atoms with Crippen LogP contribution in [0.4, 0.5) is 4.39 Å². The first-order chi connectivity index (χ1) is 11.2. The summed E-state index contributed by atoms with van der Waals surface area (Å²) in [6, 6.07) is 12.3. The van der Waals surface area contributed by atoms with Gasteiger partial charge in [0.05, 0.1) is 22.7 Å². The Balaban J connectivity index is 1.81. The topological polar surface area (TPSA) is 71.7 Å². The van der Waals surface area contributed by atoms with E-state index < -0.39 is 11.7 Å². The average molecular weight is 310 g/mol. The van der Waals surface area contributed by atoms with Gasteiger partial charge in [-0.3, -0.25) is 9.59 Å². The fourth-order valence-corrected chi connectivity index (χ4v) is 2.05. The van der Waals surface area contributed by atoms with Crippen LogP contribution in [-0.2, 0) is 0 Å². The molecule has 5 nitrogen and oxygen atoms in total. The first kappa shape index (κ1) is 14.6. The molecule has 1 heterocycles. The maximum Gasteiger partial charge on any atom is 0.274 e. The third kappa shape index (κ3) is 3.01. The van der Waals surface area contributed by atoms with Crippen molar-refractivity contribution in [3.8, 4) is 0 Å². The van der Waals surface area contributed by atoms with Crippen molar-refractivity contribution >= 4 is 23.1 Å². The molecule has 1 N–H and O–H groups in total. The highest BCUT2D eigenvalue weighted by atomic mass is 19.1. The number of benzene rings is 2. The monoisotopic (exact) mass is 310 g/mol. The lowest BCUT2D eigenvalue weighted by Gasteiger charge is -2.01. The SMILES string of the molecule is O=C(N/N=C\c1coc2ccccc2c1=O)c1ccccc1F. The van der Waals surface area contributed by atoms with Gasteiger partial charge in [-0.25, -0.2) is 9.82 Å². The predicted octanol–water partition coefficient (Wildman–Crippen LogP) is 2.70. The molecule has 0 aliphatic rings. The highest BCUT2D eigenvalue weighted by molar-refractivity contribution is 5.95. The molecular formula is C17H11FN2O3. The molecule has 0 spiro atoms. The molecule has 1 aromatic heterocycles. The fourth-order valence-electron chi connectivity index (χ4n) is 2.05. The fraction of sp³-hybridized carbons (Fsp3) is 0. The Morgan fingerprint density at radius 3 is 2.70 bits per heavy atom. The lowest BCUT2D eigenvalue weighted by Crippen LogP contribution is -2.19. The Labute approximate surface area is 130 Å². The van der Waals surface area contributed by atoms with Crippen LogP contribution in [-0.4, -0.2) is 12.1 Å². The van der Waals surface area contributed by atoms with Crippen molar-refractivity contribution in [1.29, 1.82) is 0 Å². The van der Waals surface area contributed by atoms with Crippen LogP contribution >= 0.6 is 0 Å². The van der Waals surface area contributed by atoms with E-state index in [4.69, 9.17) is 4.42 Å². The maximum absolute atomic E-state index is 13.5. The molecule has 0 aliphatic heterocycles. The summed E-state index contributed by atoms with van der Waals surface area (Å²) < 4.78 is 18.8. The van der Waals surface area contributed by atoms with E-state index in [2.05, 4.69) is 10.5 Å². The highest BCUT2D eigenvalue weighted by Crippen LogP contribution is 2.09. The maximum atomic E-state index is 13.5. The number of rotatable bonds is 3. The lowest BCUT2D eigenvalue weighted by molar-refractivity contribution is 0.0951. The second-order valence-corrected chi connectivity index (χ2v) is 4.70. The molecule has 114 valence electrons. The van der Waals surface area contributed by atoms with Crippen LogP contribution in [0.3, 0.4) is 0 Å². The minimum Gasteiger partial charge on any atom is -0.463 e. The minimum atomic E-state index is -0.704. The van der Waals surface area contributed by atoms with E-state index in [0.717, 1.165) is 6.21 Å².